The minimum atomic E-state index is -3.80. The molecule has 0 spiro atoms. The monoisotopic (exact) mass is 348 g/mol. The Morgan fingerprint density at radius 3 is 2.67 bits per heavy atom. The van der Waals surface area contributed by atoms with Crippen molar-refractivity contribution in [3.63, 3.8) is 0 Å². The molecular formula is C13H14Cl2N2O3S. The maximum atomic E-state index is 11.2. The number of hydrogen-bond acceptors (Lipinski definition) is 4. The van der Waals surface area contributed by atoms with Crippen LogP contribution in [0.3, 0.4) is 0 Å². The van der Waals surface area contributed by atoms with Crippen LogP contribution >= 0.6 is 22.3 Å². The molecule has 0 radical (unpaired) electrons. The van der Waals surface area contributed by atoms with Crippen LogP contribution in [0.2, 0.25) is 5.02 Å². The summed E-state index contributed by atoms with van der Waals surface area (Å²) in [5.74, 6) is 0.386. The Morgan fingerprint density at radius 2 is 2.10 bits per heavy atom. The van der Waals surface area contributed by atoms with Gasteiger partial charge >= 0.3 is 0 Å². The summed E-state index contributed by atoms with van der Waals surface area (Å²) in [4.78, 5) is 4.02. The van der Waals surface area contributed by atoms with E-state index in [2.05, 4.69) is 4.98 Å². The van der Waals surface area contributed by atoms with Gasteiger partial charge in [-0.25, -0.2) is 13.4 Å². The van der Waals surface area contributed by atoms with Gasteiger partial charge in [0.05, 0.1) is 28.1 Å². The van der Waals surface area contributed by atoms with Crippen LogP contribution in [-0.4, -0.2) is 18.0 Å². The van der Waals surface area contributed by atoms with Gasteiger partial charge in [0.2, 0.25) is 0 Å². The molecule has 8 heteroatoms. The van der Waals surface area contributed by atoms with Gasteiger partial charge in [-0.05, 0) is 32.0 Å². The molecule has 2 aromatic rings. The number of rotatable bonds is 5. The smallest absolute Gasteiger partial charge is 0.261 e. The molecule has 0 aliphatic carbocycles. The van der Waals surface area contributed by atoms with Crippen LogP contribution in [0, 0.1) is 0 Å². The lowest BCUT2D eigenvalue weighted by molar-refractivity contribution is 0.292. The zero-order chi connectivity index (χ0) is 15.6. The third-order valence-electron chi connectivity index (χ3n) is 2.86. The minimum absolute atomic E-state index is 0.0614. The molecule has 1 aromatic carbocycles. The van der Waals surface area contributed by atoms with Crippen molar-refractivity contribution in [3.8, 4) is 5.75 Å². The molecule has 0 unspecified atom stereocenters. The molecule has 0 saturated heterocycles. The van der Waals surface area contributed by atoms with E-state index in [1.54, 1.807) is 12.5 Å². The molecular weight excluding hydrogens is 335 g/mol. The zero-order valence-corrected chi connectivity index (χ0v) is 13.8. The first kappa shape index (κ1) is 16.1. The van der Waals surface area contributed by atoms with Gasteiger partial charge in [0.1, 0.15) is 12.4 Å². The van der Waals surface area contributed by atoms with E-state index in [1.807, 2.05) is 18.4 Å². The second-order valence-electron chi connectivity index (χ2n) is 4.70. The van der Waals surface area contributed by atoms with E-state index in [9.17, 15) is 8.42 Å². The average molecular weight is 349 g/mol. The molecule has 5 nitrogen and oxygen atoms in total. The summed E-state index contributed by atoms with van der Waals surface area (Å²) in [6.45, 7) is 4.36. The lowest BCUT2D eigenvalue weighted by atomic mass is 10.3. The van der Waals surface area contributed by atoms with Crippen molar-refractivity contribution in [2.24, 2.45) is 0 Å². The van der Waals surface area contributed by atoms with Gasteiger partial charge in [-0.1, -0.05) is 11.6 Å². The summed E-state index contributed by atoms with van der Waals surface area (Å²) < 4.78 is 30.0. The van der Waals surface area contributed by atoms with Crippen LogP contribution in [0.15, 0.2) is 35.6 Å². The normalized spacial score (nSPS) is 11.9. The van der Waals surface area contributed by atoms with Crippen LogP contribution in [0.4, 0.5) is 0 Å². The van der Waals surface area contributed by atoms with Crippen LogP contribution in [-0.2, 0) is 15.7 Å². The minimum Gasteiger partial charge on any atom is -0.486 e. The van der Waals surface area contributed by atoms with Crippen molar-refractivity contribution in [1.82, 2.24) is 9.55 Å². The zero-order valence-electron chi connectivity index (χ0n) is 11.5. The van der Waals surface area contributed by atoms with E-state index >= 15 is 0 Å². The highest BCUT2D eigenvalue weighted by Gasteiger charge is 2.13. The standard InChI is InChI=1S/C13H14Cl2N2O3S/c1-9(2)17-8-16-6-10(17)7-20-13-4-3-11(5-12(13)14)21(15,18)19/h3-6,8-9H,7H2,1-2H3. The maximum Gasteiger partial charge on any atom is 0.261 e. The molecule has 0 fully saturated rings. The van der Waals surface area contributed by atoms with Crippen LogP contribution in [0.5, 0.6) is 5.75 Å². The molecule has 0 amide bonds. The fourth-order valence-corrected chi connectivity index (χ4v) is 2.89. The molecule has 0 N–H and O–H groups in total. The number of hydrogen-bond donors (Lipinski definition) is 0. The summed E-state index contributed by atoms with van der Waals surface area (Å²) in [6, 6.07) is 4.36. The van der Waals surface area contributed by atoms with Crippen LogP contribution in [0.25, 0.3) is 0 Å². The van der Waals surface area contributed by atoms with Gasteiger partial charge in [0.15, 0.2) is 0 Å². The van der Waals surface area contributed by atoms with Crippen molar-refractivity contribution in [3.05, 3.63) is 41.4 Å². The summed E-state index contributed by atoms with van der Waals surface area (Å²) >= 11 is 6.01. The lowest BCUT2D eigenvalue weighted by Crippen LogP contribution is -2.07. The second kappa shape index (κ2) is 6.25. The third kappa shape index (κ3) is 3.90. The van der Waals surface area contributed by atoms with Gasteiger partial charge in [-0.3, -0.25) is 0 Å². The largest absolute Gasteiger partial charge is 0.486 e. The number of aromatic nitrogens is 2. The topological polar surface area (TPSA) is 61.2 Å². The number of benzene rings is 1. The Bertz CT molecular complexity index is 742. The van der Waals surface area contributed by atoms with E-state index in [1.165, 1.54) is 18.2 Å². The quantitative estimate of drug-likeness (QED) is 0.774. The van der Waals surface area contributed by atoms with Crippen LogP contribution in [0.1, 0.15) is 25.6 Å². The number of nitrogens with zero attached hydrogens (tertiary/aromatic N) is 2. The third-order valence-corrected chi connectivity index (χ3v) is 4.51. The fraction of sp³-hybridized carbons (Fsp3) is 0.308. The highest BCUT2D eigenvalue weighted by atomic mass is 35.7. The van der Waals surface area contributed by atoms with Crippen LogP contribution < -0.4 is 4.74 Å². The van der Waals surface area contributed by atoms with Gasteiger partial charge < -0.3 is 9.30 Å². The van der Waals surface area contributed by atoms with Crippen molar-refractivity contribution in [2.75, 3.05) is 0 Å². The van der Waals surface area contributed by atoms with E-state index in [-0.39, 0.29) is 22.6 Å². The van der Waals surface area contributed by atoms with E-state index in [0.717, 1.165) is 5.69 Å². The Morgan fingerprint density at radius 1 is 1.38 bits per heavy atom. The molecule has 0 bridgehead atoms. The van der Waals surface area contributed by atoms with Crippen molar-refractivity contribution >= 4 is 31.3 Å². The molecule has 1 heterocycles. The summed E-state index contributed by atoms with van der Waals surface area (Å²) in [5.41, 5.74) is 0.898. The van der Waals surface area contributed by atoms with E-state index in [0.29, 0.717) is 5.75 Å². The Kier molecular flexibility index (Phi) is 4.81. The molecule has 2 rings (SSSR count). The van der Waals surface area contributed by atoms with Gasteiger partial charge in [0, 0.05) is 16.7 Å². The summed E-state index contributed by atoms with van der Waals surface area (Å²) in [7, 11) is 1.46. The first-order valence-electron chi connectivity index (χ1n) is 6.16. The van der Waals surface area contributed by atoms with Crippen molar-refractivity contribution < 1.29 is 13.2 Å². The maximum absolute atomic E-state index is 11.2. The summed E-state index contributed by atoms with van der Waals surface area (Å²) in [5, 5.41) is 0.187. The van der Waals surface area contributed by atoms with Gasteiger partial charge in [-0.15, -0.1) is 0 Å². The van der Waals surface area contributed by atoms with E-state index in [4.69, 9.17) is 27.0 Å². The van der Waals surface area contributed by atoms with Crippen molar-refractivity contribution in [1.29, 1.82) is 0 Å². The molecule has 0 aliphatic heterocycles. The molecule has 0 aliphatic rings. The van der Waals surface area contributed by atoms with Gasteiger partial charge in [0.25, 0.3) is 9.05 Å². The number of halogens is 2. The number of ether oxygens (including phenoxy) is 1. The first-order chi connectivity index (χ1) is 9.79. The highest BCUT2D eigenvalue weighted by Crippen LogP contribution is 2.29. The van der Waals surface area contributed by atoms with Crippen molar-refractivity contribution in [2.45, 2.75) is 31.4 Å². The number of imidazole rings is 1. The second-order valence-corrected chi connectivity index (χ2v) is 7.68. The first-order valence-corrected chi connectivity index (χ1v) is 8.85. The van der Waals surface area contributed by atoms with Gasteiger partial charge in [-0.2, -0.15) is 0 Å². The molecule has 1 aromatic heterocycles. The SMILES string of the molecule is CC(C)n1cncc1COc1ccc(S(=O)(=O)Cl)cc1Cl. The predicted octanol–water partition coefficient (Wildman–Crippen LogP) is 3.62. The Hall–Kier alpha value is -1.24. The average Bonchev–Trinajstić information content (AvgIpc) is 2.84. The Balaban J connectivity index is 2.16. The Labute approximate surface area is 132 Å². The molecule has 0 saturated carbocycles. The molecule has 21 heavy (non-hydrogen) atoms. The molecule has 114 valence electrons. The highest BCUT2D eigenvalue weighted by molar-refractivity contribution is 8.13. The molecule has 0 atom stereocenters. The lowest BCUT2D eigenvalue weighted by Gasteiger charge is -2.13. The predicted molar refractivity (Wildman–Crippen MR) is 81.4 cm³/mol. The van der Waals surface area contributed by atoms with E-state index < -0.39 is 9.05 Å². The summed E-state index contributed by atoms with van der Waals surface area (Å²) in [6.07, 6.45) is 3.44. The fourth-order valence-electron chi connectivity index (χ4n) is 1.81.